The van der Waals surface area contributed by atoms with E-state index < -0.39 is 12.1 Å². The number of hydrogen-bond acceptors (Lipinski definition) is 2. The van der Waals surface area contributed by atoms with Crippen molar-refractivity contribution < 1.29 is 15.0 Å². The lowest BCUT2D eigenvalue weighted by atomic mass is 10.0. The fourth-order valence-corrected chi connectivity index (χ4v) is 3.17. The number of aliphatic carboxylic acids is 1. The molecule has 0 saturated heterocycles. The van der Waals surface area contributed by atoms with Gasteiger partial charge in [0.05, 0.1) is 0 Å². The molecule has 0 aliphatic rings. The van der Waals surface area contributed by atoms with Crippen molar-refractivity contribution in [2.24, 2.45) is 0 Å². The fourth-order valence-electron chi connectivity index (χ4n) is 1.18. The third-order valence-electron chi connectivity index (χ3n) is 1.81. The van der Waals surface area contributed by atoms with Crippen LogP contribution in [0.2, 0.25) is 0 Å². The Labute approximate surface area is 103 Å². The first-order valence-corrected chi connectivity index (χ1v) is 5.67. The van der Waals surface area contributed by atoms with Gasteiger partial charge in [-0.15, -0.1) is 0 Å². The van der Waals surface area contributed by atoms with Crippen LogP contribution in [-0.4, -0.2) is 16.2 Å². The molecule has 0 aromatic heterocycles. The van der Waals surface area contributed by atoms with Crippen molar-refractivity contribution in [1.82, 2.24) is 0 Å². The predicted molar refractivity (Wildman–Crippen MR) is 64.2 cm³/mol. The molecule has 2 N–H and O–H groups in total. The molecule has 76 valence electrons. The van der Waals surface area contributed by atoms with Gasteiger partial charge in [-0.1, -0.05) is 15.9 Å². The Bertz CT molecular complexity index is 355. The van der Waals surface area contributed by atoms with E-state index in [2.05, 4.69) is 38.5 Å². The van der Waals surface area contributed by atoms with E-state index in [1.807, 2.05) is 6.07 Å². The molecule has 14 heavy (non-hydrogen) atoms. The van der Waals surface area contributed by atoms with Crippen molar-refractivity contribution in [1.29, 1.82) is 0 Å². The number of aliphatic hydroxyl groups excluding tert-OH is 1. The van der Waals surface area contributed by atoms with Gasteiger partial charge in [-0.2, -0.15) is 0 Å². The quantitative estimate of drug-likeness (QED) is 0.786. The van der Waals surface area contributed by atoms with Gasteiger partial charge < -0.3 is 10.2 Å². The van der Waals surface area contributed by atoms with E-state index >= 15 is 0 Å². The lowest BCUT2D eigenvalue weighted by Crippen LogP contribution is -2.12. The van der Waals surface area contributed by atoms with Crippen LogP contribution in [0.5, 0.6) is 0 Å². The lowest BCUT2D eigenvalue weighted by Gasteiger charge is -2.12. The number of carboxylic acids is 1. The highest BCUT2D eigenvalue weighted by Gasteiger charge is 2.21. The third kappa shape index (κ3) is 2.46. The minimum absolute atomic E-state index is 0.415. The van der Waals surface area contributed by atoms with Gasteiger partial charge in [0.25, 0.3) is 0 Å². The topological polar surface area (TPSA) is 57.5 Å². The first-order chi connectivity index (χ1) is 6.43. The molecule has 0 aliphatic heterocycles. The number of aryl methyl sites for hydroxylation is 1. The molecule has 5 heteroatoms. The summed E-state index contributed by atoms with van der Waals surface area (Å²) in [5, 5.41) is 18.1. The predicted octanol–water partition coefficient (Wildman–Crippen LogP) is 2.48. The van der Waals surface area contributed by atoms with Crippen molar-refractivity contribution in [3.8, 4) is 0 Å². The number of carboxylic acid groups (broad SMARTS) is 1. The zero-order valence-electron chi connectivity index (χ0n) is 7.29. The van der Waals surface area contributed by atoms with E-state index in [0.717, 1.165) is 9.13 Å². The van der Waals surface area contributed by atoms with E-state index in [1.54, 1.807) is 13.0 Å². The standard InChI is InChI=1S/C9H8BrIO3/c1-4-2-5(11)3-6(10)7(4)8(12)9(13)14/h2-3,8,12H,1H3,(H,13,14). The molecule has 1 unspecified atom stereocenters. The van der Waals surface area contributed by atoms with Gasteiger partial charge in [-0.25, -0.2) is 4.79 Å². The largest absolute Gasteiger partial charge is 0.479 e. The Hall–Kier alpha value is -0.140. The van der Waals surface area contributed by atoms with Crippen molar-refractivity contribution in [2.75, 3.05) is 0 Å². The summed E-state index contributed by atoms with van der Waals surface area (Å²) < 4.78 is 1.62. The highest BCUT2D eigenvalue weighted by molar-refractivity contribution is 14.1. The number of halogens is 2. The number of aliphatic hydroxyl groups is 1. The summed E-state index contributed by atoms with van der Waals surface area (Å²) in [6, 6.07) is 3.60. The van der Waals surface area contributed by atoms with E-state index in [9.17, 15) is 9.90 Å². The van der Waals surface area contributed by atoms with Gasteiger partial charge >= 0.3 is 5.97 Å². The van der Waals surface area contributed by atoms with Gasteiger partial charge in [0.1, 0.15) is 0 Å². The summed E-state index contributed by atoms with van der Waals surface area (Å²) in [6.07, 6.45) is -1.47. The molecular formula is C9H8BrIO3. The highest BCUT2D eigenvalue weighted by Crippen LogP contribution is 2.29. The van der Waals surface area contributed by atoms with E-state index in [1.165, 1.54) is 0 Å². The average molecular weight is 371 g/mol. The molecule has 0 fully saturated rings. The van der Waals surface area contributed by atoms with Crippen LogP contribution in [0.1, 0.15) is 17.2 Å². The second-order valence-corrected chi connectivity index (χ2v) is 4.96. The molecule has 1 aromatic rings. The summed E-state index contributed by atoms with van der Waals surface area (Å²) >= 11 is 5.37. The van der Waals surface area contributed by atoms with E-state index in [-0.39, 0.29) is 0 Å². The molecular weight excluding hydrogens is 363 g/mol. The Morgan fingerprint density at radius 2 is 2.14 bits per heavy atom. The number of carbonyl (C=O) groups is 1. The summed E-state index contributed by atoms with van der Waals surface area (Å²) in [4.78, 5) is 10.6. The van der Waals surface area contributed by atoms with Crippen LogP contribution in [0.4, 0.5) is 0 Å². The monoisotopic (exact) mass is 370 g/mol. The summed E-state index contributed by atoms with van der Waals surface area (Å²) in [7, 11) is 0. The van der Waals surface area contributed by atoms with Crippen LogP contribution in [-0.2, 0) is 4.79 Å². The maximum Gasteiger partial charge on any atom is 0.337 e. The zero-order valence-corrected chi connectivity index (χ0v) is 11.0. The maximum atomic E-state index is 10.6. The van der Waals surface area contributed by atoms with E-state index in [4.69, 9.17) is 5.11 Å². The first-order valence-electron chi connectivity index (χ1n) is 3.80. The Kier molecular flexibility index (Phi) is 3.91. The van der Waals surface area contributed by atoms with Crippen LogP contribution in [0.25, 0.3) is 0 Å². The fraction of sp³-hybridized carbons (Fsp3) is 0.222. The minimum atomic E-state index is -1.47. The maximum absolute atomic E-state index is 10.6. The number of rotatable bonds is 2. The van der Waals surface area contributed by atoms with Crippen molar-refractivity contribution in [3.05, 3.63) is 31.3 Å². The molecule has 1 rings (SSSR count). The molecule has 0 saturated carbocycles. The summed E-state index contributed by atoms with van der Waals surface area (Å²) in [6.45, 7) is 1.77. The zero-order chi connectivity index (χ0) is 10.9. The highest BCUT2D eigenvalue weighted by atomic mass is 127. The smallest absolute Gasteiger partial charge is 0.337 e. The van der Waals surface area contributed by atoms with Gasteiger partial charge in [0.15, 0.2) is 6.10 Å². The normalized spacial score (nSPS) is 12.6. The first kappa shape index (κ1) is 11.9. The molecule has 1 atom stereocenters. The number of benzene rings is 1. The van der Waals surface area contributed by atoms with Crippen LogP contribution in [0.3, 0.4) is 0 Å². The molecule has 0 bridgehead atoms. The van der Waals surface area contributed by atoms with Crippen LogP contribution < -0.4 is 0 Å². The van der Waals surface area contributed by atoms with Gasteiger partial charge in [-0.05, 0) is 47.2 Å². The van der Waals surface area contributed by atoms with E-state index in [0.29, 0.717) is 10.0 Å². The van der Waals surface area contributed by atoms with Gasteiger partial charge in [0.2, 0.25) is 0 Å². The Balaban J connectivity index is 3.27. The minimum Gasteiger partial charge on any atom is -0.479 e. The molecule has 1 aromatic carbocycles. The molecule has 3 nitrogen and oxygen atoms in total. The van der Waals surface area contributed by atoms with Crippen molar-refractivity contribution in [3.63, 3.8) is 0 Å². The third-order valence-corrected chi connectivity index (χ3v) is 3.09. The van der Waals surface area contributed by atoms with Crippen LogP contribution in [0.15, 0.2) is 16.6 Å². The van der Waals surface area contributed by atoms with Crippen LogP contribution in [0, 0.1) is 10.5 Å². The molecule has 0 radical (unpaired) electrons. The summed E-state index contributed by atoms with van der Waals surface area (Å²) in [5.41, 5.74) is 1.18. The lowest BCUT2D eigenvalue weighted by molar-refractivity contribution is -0.147. The Morgan fingerprint density at radius 1 is 1.57 bits per heavy atom. The average Bonchev–Trinajstić information content (AvgIpc) is 2.01. The summed E-state index contributed by atoms with van der Waals surface area (Å²) in [5.74, 6) is -1.24. The Morgan fingerprint density at radius 3 is 2.57 bits per heavy atom. The van der Waals surface area contributed by atoms with Gasteiger partial charge in [0, 0.05) is 13.6 Å². The second kappa shape index (κ2) is 4.59. The second-order valence-electron chi connectivity index (χ2n) is 2.86. The molecule has 0 spiro atoms. The molecule has 0 amide bonds. The van der Waals surface area contributed by atoms with Crippen molar-refractivity contribution >= 4 is 44.5 Å². The van der Waals surface area contributed by atoms with Gasteiger partial charge in [-0.3, -0.25) is 0 Å². The molecule has 0 heterocycles. The van der Waals surface area contributed by atoms with Crippen molar-refractivity contribution in [2.45, 2.75) is 13.0 Å². The SMILES string of the molecule is Cc1cc(I)cc(Br)c1C(O)C(=O)O. The molecule has 0 aliphatic carbocycles. The van der Waals surface area contributed by atoms with Crippen LogP contribution >= 0.6 is 38.5 Å². The number of hydrogen-bond donors (Lipinski definition) is 2.